The molecule has 1 saturated carbocycles. The number of hydrogen-bond donors (Lipinski definition) is 1. The fraction of sp³-hybridized carbons (Fsp3) is 0.625. The summed E-state index contributed by atoms with van der Waals surface area (Å²) in [5.41, 5.74) is 2.28. The van der Waals surface area contributed by atoms with Gasteiger partial charge >= 0.3 is 0 Å². The summed E-state index contributed by atoms with van der Waals surface area (Å²) in [7, 11) is -3.28. The van der Waals surface area contributed by atoms with Crippen LogP contribution in [0, 0.1) is 12.8 Å². The molecule has 1 atom stereocenters. The van der Waals surface area contributed by atoms with Crippen LogP contribution in [0.25, 0.3) is 0 Å². The van der Waals surface area contributed by atoms with Gasteiger partial charge in [-0.2, -0.15) is 0 Å². The molecule has 3 rings (SSSR count). The third-order valence-corrected chi connectivity index (χ3v) is 6.45. The molecule has 1 aliphatic carbocycles. The third kappa shape index (κ3) is 3.47. The SMILES string of the molecule is Cc1ccccc1C(NS(=O)(=O)C1CCOCC1)C1CC1. The van der Waals surface area contributed by atoms with Crippen molar-refractivity contribution in [2.45, 2.75) is 43.9 Å². The minimum Gasteiger partial charge on any atom is -0.381 e. The summed E-state index contributed by atoms with van der Waals surface area (Å²) in [6.45, 7) is 3.14. The summed E-state index contributed by atoms with van der Waals surface area (Å²) in [6.07, 6.45) is 3.41. The molecule has 1 N–H and O–H groups in total. The number of hydrogen-bond acceptors (Lipinski definition) is 3. The van der Waals surface area contributed by atoms with Gasteiger partial charge in [-0.25, -0.2) is 13.1 Å². The fourth-order valence-corrected chi connectivity index (χ4v) is 4.72. The molecule has 1 aromatic rings. The molecule has 1 aromatic carbocycles. The van der Waals surface area contributed by atoms with E-state index in [1.165, 1.54) is 0 Å². The summed E-state index contributed by atoms with van der Waals surface area (Å²) in [6, 6.07) is 8.01. The predicted octanol–water partition coefficient (Wildman–Crippen LogP) is 2.54. The van der Waals surface area contributed by atoms with E-state index in [-0.39, 0.29) is 11.3 Å². The van der Waals surface area contributed by atoms with Crippen LogP contribution >= 0.6 is 0 Å². The summed E-state index contributed by atoms with van der Waals surface area (Å²) >= 11 is 0. The van der Waals surface area contributed by atoms with Crippen LogP contribution in [0.1, 0.15) is 42.9 Å². The number of sulfonamides is 1. The number of benzene rings is 1. The predicted molar refractivity (Wildman–Crippen MR) is 82.5 cm³/mol. The van der Waals surface area contributed by atoms with E-state index in [2.05, 4.69) is 4.72 Å². The van der Waals surface area contributed by atoms with Crippen LogP contribution < -0.4 is 4.72 Å². The van der Waals surface area contributed by atoms with Gasteiger partial charge in [0.2, 0.25) is 10.0 Å². The monoisotopic (exact) mass is 309 g/mol. The molecule has 1 unspecified atom stereocenters. The van der Waals surface area contributed by atoms with Crippen molar-refractivity contribution in [1.82, 2.24) is 4.72 Å². The average Bonchev–Trinajstić information content (AvgIpc) is 3.31. The molecule has 0 aromatic heterocycles. The highest BCUT2D eigenvalue weighted by atomic mass is 32.2. The van der Waals surface area contributed by atoms with Crippen molar-refractivity contribution < 1.29 is 13.2 Å². The standard InChI is InChI=1S/C16H23NO3S/c1-12-4-2-3-5-15(12)16(13-6-7-13)17-21(18,19)14-8-10-20-11-9-14/h2-5,13-14,16-17H,6-11H2,1H3. The summed E-state index contributed by atoms with van der Waals surface area (Å²) in [5.74, 6) is 0.445. The normalized spacial score (nSPS) is 22.1. The maximum Gasteiger partial charge on any atom is 0.215 e. The third-order valence-electron chi connectivity index (χ3n) is 4.52. The maximum atomic E-state index is 12.6. The molecule has 0 bridgehead atoms. The van der Waals surface area contributed by atoms with E-state index < -0.39 is 10.0 Å². The molecule has 2 aliphatic rings. The minimum absolute atomic E-state index is 0.0703. The van der Waals surface area contributed by atoms with Gasteiger partial charge in [0.1, 0.15) is 0 Å². The molecule has 1 saturated heterocycles. The van der Waals surface area contributed by atoms with E-state index in [9.17, 15) is 8.42 Å². The van der Waals surface area contributed by atoms with Gasteiger partial charge in [-0.05, 0) is 49.7 Å². The second-order valence-electron chi connectivity index (χ2n) is 6.15. The van der Waals surface area contributed by atoms with Crippen LogP contribution in [-0.4, -0.2) is 26.9 Å². The molecule has 21 heavy (non-hydrogen) atoms. The molecule has 0 spiro atoms. The van der Waals surface area contributed by atoms with Crippen molar-refractivity contribution in [2.24, 2.45) is 5.92 Å². The van der Waals surface area contributed by atoms with Gasteiger partial charge < -0.3 is 4.74 Å². The van der Waals surface area contributed by atoms with Gasteiger partial charge in [-0.15, -0.1) is 0 Å². The van der Waals surface area contributed by atoms with Gasteiger partial charge in [0, 0.05) is 19.3 Å². The van der Waals surface area contributed by atoms with E-state index in [0.29, 0.717) is 32.0 Å². The smallest absolute Gasteiger partial charge is 0.215 e. The van der Waals surface area contributed by atoms with Crippen molar-refractivity contribution in [3.05, 3.63) is 35.4 Å². The molecule has 0 radical (unpaired) electrons. The van der Waals surface area contributed by atoms with E-state index in [1.54, 1.807) is 0 Å². The highest BCUT2D eigenvalue weighted by Crippen LogP contribution is 2.42. The molecule has 2 fully saturated rings. The minimum atomic E-state index is -3.28. The molecule has 5 heteroatoms. The van der Waals surface area contributed by atoms with Gasteiger partial charge in [-0.1, -0.05) is 24.3 Å². The van der Waals surface area contributed by atoms with Gasteiger partial charge in [0.15, 0.2) is 0 Å². The summed E-state index contributed by atoms with van der Waals surface area (Å²) in [5, 5.41) is -0.309. The van der Waals surface area contributed by atoms with Crippen molar-refractivity contribution >= 4 is 10.0 Å². The first-order chi connectivity index (χ1) is 10.1. The Labute approximate surface area is 126 Å². The van der Waals surface area contributed by atoms with Crippen LogP contribution in [0.2, 0.25) is 0 Å². The highest BCUT2D eigenvalue weighted by Gasteiger charge is 2.38. The Balaban J connectivity index is 1.81. The zero-order valence-corrected chi connectivity index (χ0v) is 13.2. The lowest BCUT2D eigenvalue weighted by Crippen LogP contribution is -2.40. The Bertz CT molecular complexity index is 589. The van der Waals surface area contributed by atoms with Crippen molar-refractivity contribution in [3.63, 3.8) is 0 Å². The Morgan fingerprint density at radius 1 is 1.14 bits per heavy atom. The number of aryl methyl sites for hydroxylation is 1. The molecular formula is C16H23NO3S. The molecule has 4 nitrogen and oxygen atoms in total. The van der Waals surface area contributed by atoms with Crippen molar-refractivity contribution in [1.29, 1.82) is 0 Å². The number of rotatable bonds is 5. The zero-order chi connectivity index (χ0) is 14.9. The van der Waals surface area contributed by atoms with Gasteiger partial charge in [-0.3, -0.25) is 0 Å². The molecular weight excluding hydrogens is 286 g/mol. The van der Waals surface area contributed by atoms with Crippen LogP contribution in [-0.2, 0) is 14.8 Å². The molecule has 116 valence electrons. The highest BCUT2D eigenvalue weighted by molar-refractivity contribution is 7.90. The Hall–Kier alpha value is -0.910. The van der Waals surface area contributed by atoms with Crippen molar-refractivity contribution in [2.75, 3.05) is 13.2 Å². The largest absolute Gasteiger partial charge is 0.381 e. The first-order valence-corrected chi connectivity index (χ1v) is 9.27. The Kier molecular flexibility index (Phi) is 4.33. The lowest BCUT2D eigenvalue weighted by molar-refractivity contribution is 0.0980. The summed E-state index contributed by atoms with van der Waals surface area (Å²) in [4.78, 5) is 0. The number of ether oxygens (including phenoxy) is 1. The molecule has 1 aliphatic heterocycles. The van der Waals surface area contributed by atoms with Crippen LogP contribution in [0.15, 0.2) is 24.3 Å². The van der Waals surface area contributed by atoms with E-state index in [4.69, 9.17) is 4.74 Å². The Morgan fingerprint density at radius 2 is 1.81 bits per heavy atom. The first kappa shape index (κ1) is 15.0. The van der Waals surface area contributed by atoms with Crippen LogP contribution in [0.5, 0.6) is 0 Å². The topological polar surface area (TPSA) is 55.4 Å². The lowest BCUT2D eigenvalue weighted by atomic mass is 9.99. The fourth-order valence-electron chi connectivity index (χ4n) is 3.04. The van der Waals surface area contributed by atoms with E-state index in [0.717, 1.165) is 24.0 Å². The van der Waals surface area contributed by atoms with E-state index >= 15 is 0 Å². The summed E-state index contributed by atoms with van der Waals surface area (Å²) < 4.78 is 33.6. The molecule has 1 heterocycles. The molecule has 0 amide bonds. The van der Waals surface area contributed by atoms with Gasteiger partial charge in [0.05, 0.1) is 5.25 Å². The maximum absolute atomic E-state index is 12.6. The Morgan fingerprint density at radius 3 is 2.43 bits per heavy atom. The van der Waals surface area contributed by atoms with E-state index in [1.807, 2.05) is 31.2 Å². The van der Waals surface area contributed by atoms with Crippen molar-refractivity contribution in [3.8, 4) is 0 Å². The second kappa shape index (κ2) is 6.07. The van der Waals surface area contributed by atoms with Gasteiger partial charge in [0.25, 0.3) is 0 Å². The quantitative estimate of drug-likeness (QED) is 0.909. The number of nitrogens with one attached hydrogen (secondary N) is 1. The zero-order valence-electron chi connectivity index (χ0n) is 12.4. The second-order valence-corrected chi connectivity index (χ2v) is 8.14. The average molecular weight is 309 g/mol. The first-order valence-electron chi connectivity index (χ1n) is 7.72. The lowest BCUT2D eigenvalue weighted by Gasteiger charge is -2.27. The van der Waals surface area contributed by atoms with Crippen LogP contribution in [0.3, 0.4) is 0 Å². The van der Waals surface area contributed by atoms with Crippen LogP contribution in [0.4, 0.5) is 0 Å².